The van der Waals surface area contributed by atoms with E-state index in [1.54, 1.807) is 11.8 Å². The molecule has 21 heavy (non-hydrogen) atoms. The Morgan fingerprint density at radius 3 is 2.33 bits per heavy atom. The van der Waals surface area contributed by atoms with Crippen LogP contribution in [0.4, 0.5) is 0 Å². The van der Waals surface area contributed by atoms with Gasteiger partial charge in [0.05, 0.1) is 0 Å². The summed E-state index contributed by atoms with van der Waals surface area (Å²) in [6.07, 6.45) is 3.32. The van der Waals surface area contributed by atoms with Crippen LogP contribution in [0.2, 0.25) is 0 Å². The Kier molecular flexibility index (Phi) is 6.03. The summed E-state index contributed by atoms with van der Waals surface area (Å²) in [5.41, 5.74) is 1.75. The molecule has 1 unspecified atom stereocenters. The van der Waals surface area contributed by atoms with Crippen LogP contribution in [0.5, 0.6) is 0 Å². The van der Waals surface area contributed by atoms with Crippen molar-refractivity contribution in [3.63, 3.8) is 0 Å². The third-order valence-corrected chi connectivity index (χ3v) is 4.29. The molecule has 3 heteroatoms. The molecule has 0 radical (unpaired) electrons. The van der Waals surface area contributed by atoms with Crippen LogP contribution in [0.25, 0.3) is 0 Å². The predicted octanol–water partition coefficient (Wildman–Crippen LogP) is 4.15. The molecule has 0 spiro atoms. The van der Waals surface area contributed by atoms with E-state index in [0.717, 1.165) is 16.0 Å². The minimum Gasteiger partial charge on any atom is -0.396 e. The topological polar surface area (TPSA) is 37.3 Å². The van der Waals surface area contributed by atoms with Crippen LogP contribution >= 0.6 is 11.8 Å². The van der Waals surface area contributed by atoms with Gasteiger partial charge >= 0.3 is 0 Å². The van der Waals surface area contributed by atoms with Gasteiger partial charge < -0.3 is 5.11 Å². The molecule has 0 aliphatic heterocycles. The van der Waals surface area contributed by atoms with E-state index in [4.69, 9.17) is 5.11 Å². The highest BCUT2D eigenvalue weighted by Crippen LogP contribution is 2.26. The standard InChI is InChI=1S/C18H20O2S/c1-21-16-11-9-15(10-12-16)18(20)17(8-5-13-19)14-6-3-2-4-7-14/h2-4,6-7,9-12,17,19H,5,8,13H2,1H3. The number of aliphatic hydroxyl groups is 1. The Morgan fingerprint density at radius 2 is 1.76 bits per heavy atom. The quantitative estimate of drug-likeness (QED) is 0.616. The minimum atomic E-state index is -0.182. The van der Waals surface area contributed by atoms with Crippen molar-refractivity contribution in [2.45, 2.75) is 23.7 Å². The first-order valence-electron chi connectivity index (χ1n) is 7.10. The van der Waals surface area contributed by atoms with Crippen molar-refractivity contribution < 1.29 is 9.90 Å². The van der Waals surface area contributed by atoms with Gasteiger partial charge in [0.15, 0.2) is 5.78 Å². The average molecular weight is 300 g/mol. The van der Waals surface area contributed by atoms with E-state index in [2.05, 4.69) is 0 Å². The smallest absolute Gasteiger partial charge is 0.170 e. The van der Waals surface area contributed by atoms with E-state index in [1.165, 1.54) is 0 Å². The predicted molar refractivity (Wildman–Crippen MR) is 88.1 cm³/mol. The fraction of sp³-hybridized carbons (Fsp3) is 0.278. The van der Waals surface area contributed by atoms with E-state index >= 15 is 0 Å². The number of rotatable bonds is 7. The van der Waals surface area contributed by atoms with E-state index in [1.807, 2.05) is 60.9 Å². The second-order valence-corrected chi connectivity index (χ2v) is 5.80. The number of hydrogen-bond acceptors (Lipinski definition) is 3. The second kappa shape index (κ2) is 8.01. The van der Waals surface area contributed by atoms with Crippen LogP contribution in [-0.2, 0) is 0 Å². The molecule has 0 heterocycles. The molecule has 0 bridgehead atoms. The summed E-state index contributed by atoms with van der Waals surface area (Å²) in [7, 11) is 0. The van der Waals surface area contributed by atoms with Gasteiger partial charge in [-0.3, -0.25) is 4.79 Å². The van der Waals surface area contributed by atoms with E-state index in [-0.39, 0.29) is 18.3 Å². The molecular formula is C18H20O2S. The molecule has 0 fully saturated rings. The number of carbonyl (C=O) groups is 1. The molecule has 0 aliphatic rings. The molecule has 2 aromatic carbocycles. The summed E-state index contributed by atoms with van der Waals surface area (Å²) in [5.74, 6) is -0.0548. The van der Waals surface area contributed by atoms with Gasteiger partial charge in [0, 0.05) is 23.0 Å². The van der Waals surface area contributed by atoms with Crippen molar-refractivity contribution in [3.8, 4) is 0 Å². The van der Waals surface area contributed by atoms with Gasteiger partial charge in [-0.2, -0.15) is 0 Å². The number of hydrogen-bond donors (Lipinski definition) is 1. The van der Waals surface area contributed by atoms with Crippen LogP contribution in [0.1, 0.15) is 34.7 Å². The number of benzene rings is 2. The molecule has 1 atom stereocenters. The summed E-state index contributed by atoms with van der Waals surface area (Å²) in [6.45, 7) is 0.113. The van der Waals surface area contributed by atoms with Crippen molar-refractivity contribution in [2.75, 3.05) is 12.9 Å². The van der Waals surface area contributed by atoms with E-state index in [9.17, 15) is 4.79 Å². The zero-order valence-electron chi connectivity index (χ0n) is 12.2. The fourth-order valence-corrected chi connectivity index (χ4v) is 2.79. The third kappa shape index (κ3) is 4.19. The summed E-state index contributed by atoms with van der Waals surface area (Å²) in [5, 5.41) is 9.07. The molecule has 2 aromatic rings. The molecule has 2 rings (SSSR count). The molecule has 0 aliphatic carbocycles. The third-order valence-electron chi connectivity index (χ3n) is 3.54. The van der Waals surface area contributed by atoms with Gasteiger partial charge in [0.2, 0.25) is 0 Å². The van der Waals surface area contributed by atoms with Crippen LogP contribution in [0.3, 0.4) is 0 Å². The maximum absolute atomic E-state index is 12.8. The van der Waals surface area contributed by atoms with E-state index in [0.29, 0.717) is 12.8 Å². The highest BCUT2D eigenvalue weighted by Gasteiger charge is 2.21. The molecule has 0 amide bonds. The monoisotopic (exact) mass is 300 g/mol. The summed E-state index contributed by atoms with van der Waals surface area (Å²) in [4.78, 5) is 13.9. The van der Waals surface area contributed by atoms with Gasteiger partial charge in [0.25, 0.3) is 0 Å². The van der Waals surface area contributed by atoms with Crippen molar-refractivity contribution in [1.29, 1.82) is 0 Å². The van der Waals surface area contributed by atoms with Crippen molar-refractivity contribution in [1.82, 2.24) is 0 Å². The zero-order valence-corrected chi connectivity index (χ0v) is 13.0. The summed E-state index contributed by atoms with van der Waals surface area (Å²) < 4.78 is 0. The number of carbonyl (C=O) groups excluding carboxylic acids is 1. The van der Waals surface area contributed by atoms with Crippen molar-refractivity contribution >= 4 is 17.5 Å². The number of Topliss-reactive ketones (excluding diaryl/α,β-unsaturated/α-hetero) is 1. The first-order chi connectivity index (χ1) is 10.3. The Morgan fingerprint density at radius 1 is 1.10 bits per heavy atom. The van der Waals surface area contributed by atoms with Crippen LogP contribution < -0.4 is 0 Å². The molecule has 0 saturated heterocycles. The molecule has 1 N–H and O–H groups in total. The summed E-state index contributed by atoms with van der Waals surface area (Å²) in [6, 6.07) is 17.6. The van der Waals surface area contributed by atoms with Gasteiger partial charge in [-0.1, -0.05) is 42.5 Å². The highest BCUT2D eigenvalue weighted by atomic mass is 32.2. The number of ketones is 1. The summed E-state index contributed by atoms with van der Waals surface area (Å²) >= 11 is 1.66. The Labute approximate surface area is 130 Å². The first-order valence-corrected chi connectivity index (χ1v) is 8.33. The Hall–Kier alpha value is -1.58. The first kappa shape index (κ1) is 15.8. The van der Waals surface area contributed by atoms with Gasteiger partial charge in [-0.25, -0.2) is 0 Å². The number of aliphatic hydroxyl groups excluding tert-OH is 1. The van der Waals surface area contributed by atoms with Crippen molar-refractivity contribution in [3.05, 3.63) is 65.7 Å². The molecule has 0 aromatic heterocycles. The molecular weight excluding hydrogens is 280 g/mol. The normalized spacial score (nSPS) is 12.1. The molecule has 110 valence electrons. The van der Waals surface area contributed by atoms with Crippen LogP contribution in [0.15, 0.2) is 59.5 Å². The van der Waals surface area contributed by atoms with E-state index < -0.39 is 0 Å². The lowest BCUT2D eigenvalue weighted by Crippen LogP contribution is -2.13. The molecule has 2 nitrogen and oxygen atoms in total. The fourth-order valence-electron chi connectivity index (χ4n) is 2.39. The maximum Gasteiger partial charge on any atom is 0.170 e. The number of thioether (sulfide) groups is 1. The Bertz CT molecular complexity index is 564. The van der Waals surface area contributed by atoms with Gasteiger partial charge in [-0.05, 0) is 36.8 Å². The lowest BCUT2D eigenvalue weighted by Gasteiger charge is -2.16. The van der Waals surface area contributed by atoms with Crippen LogP contribution in [0, 0.1) is 0 Å². The highest BCUT2D eigenvalue weighted by molar-refractivity contribution is 7.98. The lowest BCUT2D eigenvalue weighted by atomic mass is 9.87. The van der Waals surface area contributed by atoms with Crippen LogP contribution in [-0.4, -0.2) is 23.8 Å². The molecule has 0 saturated carbocycles. The largest absolute Gasteiger partial charge is 0.396 e. The average Bonchev–Trinajstić information content (AvgIpc) is 2.56. The Balaban J connectivity index is 2.24. The van der Waals surface area contributed by atoms with Crippen molar-refractivity contribution in [2.24, 2.45) is 0 Å². The minimum absolute atomic E-state index is 0.113. The van der Waals surface area contributed by atoms with Gasteiger partial charge in [0.1, 0.15) is 0 Å². The maximum atomic E-state index is 12.8. The van der Waals surface area contributed by atoms with Gasteiger partial charge in [-0.15, -0.1) is 11.8 Å². The zero-order chi connectivity index (χ0) is 15.1. The lowest BCUT2D eigenvalue weighted by molar-refractivity contribution is 0.0951. The SMILES string of the molecule is CSc1ccc(C(=O)C(CCCO)c2ccccc2)cc1. The second-order valence-electron chi connectivity index (χ2n) is 4.92.